The quantitative estimate of drug-likeness (QED) is 0.891. The smallest absolute Gasteiger partial charge is 0.307 e. The minimum absolute atomic E-state index is 0.0661. The summed E-state index contributed by atoms with van der Waals surface area (Å²) in [7, 11) is 0. The molecule has 0 aliphatic heterocycles. The third-order valence-corrected chi connectivity index (χ3v) is 2.75. The van der Waals surface area contributed by atoms with Gasteiger partial charge >= 0.3 is 5.97 Å². The van der Waals surface area contributed by atoms with Crippen molar-refractivity contribution in [1.82, 2.24) is 0 Å². The van der Waals surface area contributed by atoms with E-state index in [1.165, 1.54) is 12.1 Å². The Hall–Kier alpha value is -2.07. The number of hydrogen-bond acceptors (Lipinski definition) is 2. The van der Waals surface area contributed by atoms with Crippen molar-refractivity contribution in [3.05, 3.63) is 58.3 Å². The normalized spacial score (nSPS) is 15.3. The lowest BCUT2D eigenvalue weighted by molar-refractivity contribution is -0.136. The van der Waals surface area contributed by atoms with E-state index in [0.717, 1.165) is 6.07 Å². The zero-order valence-corrected chi connectivity index (χ0v) is 10.8. The zero-order chi connectivity index (χ0) is 19.8. The van der Waals surface area contributed by atoms with Crippen LogP contribution in [0.5, 0.6) is 0 Å². The second-order valence-corrected chi connectivity index (χ2v) is 4.30. The lowest BCUT2D eigenvalue weighted by Gasteiger charge is -2.13. The number of carboxylic acid groups (broad SMARTS) is 1. The second-order valence-electron chi connectivity index (χ2n) is 3.90. The number of nitrogens with one attached hydrogen (secondary N) is 1. The third-order valence-electron chi connectivity index (χ3n) is 2.43. The summed E-state index contributed by atoms with van der Waals surface area (Å²) >= 11 is 5.91. The van der Waals surface area contributed by atoms with Crippen molar-refractivity contribution in [2.75, 3.05) is 5.32 Å². The Morgan fingerprint density at radius 3 is 3.00 bits per heavy atom. The SMILES string of the molecule is [2H]c1c([2H])c(C([2H])([2H])[2H])c([2H])c(CC(=O)O)c1Nc1c(F)cccc1Cl. The molecule has 0 fully saturated rings. The number of anilines is 2. The fraction of sp³-hybridized carbons (Fsp3) is 0.133. The number of rotatable bonds is 4. The summed E-state index contributed by atoms with van der Waals surface area (Å²) in [6, 6.07) is 1.64. The molecular weight excluding hydrogens is 281 g/mol. The van der Waals surface area contributed by atoms with Gasteiger partial charge in [0, 0.05) is 9.80 Å². The van der Waals surface area contributed by atoms with Gasteiger partial charge in [0.15, 0.2) is 0 Å². The number of para-hydroxylation sites is 1. The Morgan fingerprint density at radius 2 is 2.35 bits per heavy atom. The maximum Gasteiger partial charge on any atom is 0.307 e. The van der Waals surface area contributed by atoms with E-state index in [0.29, 0.717) is 0 Å². The van der Waals surface area contributed by atoms with Crippen LogP contribution in [0.2, 0.25) is 5.02 Å². The molecule has 104 valence electrons. The molecule has 0 aromatic heterocycles. The van der Waals surface area contributed by atoms with Gasteiger partial charge in [-0.3, -0.25) is 4.79 Å². The maximum atomic E-state index is 14.0. The van der Waals surface area contributed by atoms with Crippen molar-refractivity contribution in [3.8, 4) is 0 Å². The molecule has 0 bridgehead atoms. The van der Waals surface area contributed by atoms with Gasteiger partial charge in [-0.2, -0.15) is 0 Å². The molecule has 0 aliphatic carbocycles. The molecule has 2 N–H and O–H groups in total. The van der Waals surface area contributed by atoms with Gasteiger partial charge < -0.3 is 10.4 Å². The van der Waals surface area contributed by atoms with Gasteiger partial charge in [-0.1, -0.05) is 35.3 Å². The van der Waals surface area contributed by atoms with E-state index < -0.39 is 48.7 Å². The van der Waals surface area contributed by atoms with Crippen LogP contribution in [0, 0.1) is 12.7 Å². The van der Waals surface area contributed by atoms with Gasteiger partial charge in [0.25, 0.3) is 0 Å². The molecule has 0 radical (unpaired) electrons. The zero-order valence-electron chi connectivity index (χ0n) is 16.1. The van der Waals surface area contributed by atoms with Crippen molar-refractivity contribution in [1.29, 1.82) is 0 Å². The maximum absolute atomic E-state index is 14.0. The predicted molar refractivity (Wildman–Crippen MR) is 77.2 cm³/mol. The van der Waals surface area contributed by atoms with Crippen molar-refractivity contribution in [2.45, 2.75) is 13.3 Å². The first-order valence-corrected chi connectivity index (χ1v) is 5.88. The minimum atomic E-state index is -2.88. The molecule has 20 heavy (non-hydrogen) atoms. The van der Waals surface area contributed by atoms with Crippen molar-refractivity contribution in [2.24, 2.45) is 0 Å². The largest absolute Gasteiger partial charge is 0.481 e. The van der Waals surface area contributed by atoms with E-state index in [2.05, 4.69) is 5.32 Å². The van der Waals surface area contributed by atoms with Crippen LogP contribution >= 0.6 is 11.6 Å². The van der Waals surface area contributed by atoms with Gasteiger partial charge in [-0.15, -0.1) is 0 Å². The summed E-state index contributed by atoms with van der Waals surface area (Å²) in [5.74, 6) is -2.18. The Balaban J connectivity index is 2.78. The van der Waals surface area contributed by atoms with Gasteiger partial charge in [0.05, 0.1) is 21.2 Å². The van der Waals surface area contributed by atoms with Crippen LogP contribution in [0.1, 0.15) is 19.4 Å². The summed E-state index contributed by atoms with van der Waals surface area (Å²) in [5, 5.41) is 11.5. The molecule has 0 saturated carbocycles. The van der Waals surface area contributed by atoms with E-state index in [9.17, 15) is 9.18 Å². The first-order chi connectivity index (χ1) is 11.9. The average molecular weight is 300 g/mol. The number of benzene rings is 2. The summed E-state index contributed by atoms with van der Waals surface area (Å²) in [6.45, 7) is -2.88. The van der Waals surface area contributed by atoms with Crippen LogP contribution in [0.15, 0.2) is 36.3 Å². The fourth-order valence-electron chi connectivity index (χ4n) is 1.58. The predicted octanol–water partition coefficient (Wildman–Crippen LogP) is 4.16. The van der Waals surface area contributed by atoms with Crippen LogP contribution < -0.4 is 5.32 Å². The van der Waals surface area contributed by atoms with E-state index in [1.54, 1.807) is 0 Å². The van der Waals surface area contributed by atoms with Gasteiger partial charge in [0.2, 0.25) is 0 Å². The van der Waals surface area contributed by atoms with Crippen LogP contribution in [0.4, 0.5) is 15.8 Å². The number of aliphatic carboxylic acids is 1. The Labute approximate surface area is 129 Å². The summed E-state index contributed by atoms with van der Waals surface area (Å²) in [4.78, 5) is 11.2. The highest BCUT2D eigenvalue weighted by Gasteiger charge is 2.11. The minimum Gasteiger partial charge on any atom is -0.481 e. The van der Waals surface area contributed by atoms with Gasteiger partial charge in [-0.25, -0.2) is 4.39 Å². The van der Waals surface area contributed by atoms with Crippen LogP contribution in [0.3, 0.4) is 0 Å². The van der Waals surface area contributed by atoms with Crippen LogP contribution in [-0.2, 0) is 11.2 Å². The number of carboxylic acids is 1. The molecule has 0 heterocycles. The molecule has 2 aromatic rings. The fourth-order valence-corrected chi connectivity index (χ4v) is 1.79. The van der Waals surface area contributed by atoms with E-state index in [-0.39, 0.29) is 22.0 Å². The van der Waals surface area contributed by atoms with Crippen molar-refractivity contribution in [3.63, 3.8) is 0 Å². The molecule has 0 aliphatic rings. The average Bonchev–Trinajstić information content (AvgIpc) is 2.49. The van der Waals surface area contributed by atoms with Gasteiger partial charge in [-0.05, 0) is 30.6 Å². The summed E-state index contributed by atoms with van der Waals surface area (Å²) in [5.41, 5.74) is -1.69. The van der Waals surface area contributed by atoms with Crippen molar-refractivity contribution >= 4 is 28.9 Å². The number of halogens is 2. The lowest BCUT2D eigenvalue weighted by atomic mass is 10.1. The van der Waals surface area contributed by atoms with E-state index in [1.807, 2.05) is 0 Å². The monoisotopic (exact) mass is 299 g/mol. The Morgan fingerprint density at radius 1 is 1.55 bits per heavy atom. The topological polar surface area (TPSA) is 49.3 Å². The van der Waals surface area contributed by atoms with Crippen molar-refractivity contribution < 1.29 is 22.5 Å². The summed E-state index contributed by atoms with van der Waals surface area (Å²) < 4.78 is 60.4. The second kappa shape index (κ2) is 5.92. The molecule has 5 heteroatoms. The highest BCUT2D eigenvalue weighted by molar-refractivity contribution is 6.33. The summed E-state index contributed by atoms with van der Waals surface area (Å²) in [6.07, 6.45) is -0.789. The molecule has 3 nitrogen and oxygen atoms in total. The molecule has 0 unspecified atom stereocenters. The Kier molecular flexibility index (Phi) is 2.45. The molecule has 0 saturated heterocycles. The highest BCUT2D eigenvalue weighted by atomic mass is 35.5. The van der Waals surface area contributed by atoms with Gasteiger partial charge in [0.1, 0.15) is 5.82 Å². The molecule has 0 atom stereocenters. The molecular formula is C15H13ClFNO2. The standard InChI is InChI=1S/C15H13ClFNO2/c1-9-5-6-13(10(7-9)8-14(19)20)18-15-11(16)3-2-4-12(15)17/h2-7,18H,8H2,1H3,(H,19,20)/i1D3,5D,6D,7D. The molecule has 0 spiro atoms. The third kappa shape index (κ3) is 3.27. The molecule has 2 aromatic carbocycles. The number of hydrogen-bond donors (Lipinski definition) is 2. The number of carbonyl (C=O) groups is 1. The lowest BCUT2D eigenvalue weighted by Crippen LogP contribution is -2.05. The molecule has 2 rings (SSSR count). The van der Waals surface area contributed by atoms with Crippen LogP contribution in [0.25, 0.3) is 0 Å². The first kappa shape index (κ1) is 8.27. The first-order valence-electron chi connectivity index (χ1n) is 8.51. The Bertz CT molecular complexity index is 867. The van der Waals surface area contributed by atoms with E-state index >= 15 is 0 Å². The van der Waals surface area contributed by atoms with Crippen LogP contribution in [-0.4, -0.2) is 11.1 Å². The van der Waals surface area contributed by atoms with E-state index in [4.69, 9.17) is 24.9 Å². The highest BCUT2D eigenvalue weighted by Crippen LogP contribution is 2.30. The molecule has 0 amide bonds.